The van der Waals surface area contributed by atoms with Gasteiger partial charge in [-0.05, 0) is 30.7 Å². The molecule has 0 N–H and O–H groups in total. The number of esters is 1. The second kappa shape index (κ2) is 4.99. The number of hydrogen-bond donors (Lipinski definition) is 0. The minimum atomic E-state index is 0.0262. The molecule has 102 valence electrons. The Hall–Kier alpha value is -1.31. The lowest BCUT2D eigenvalue weighted by molar-refractivity contribution is -0.145. The van der Waals surface area contributed by atoms with E-state index < -0.39 is 0 Å². The van der Waals surface area contributed by atoms with Crippen LogP contribution in [0.2, 0.25) is 0 Å². The smallest absolute Gasteiger partial charge is 0.310 e. The summed E-state index contributed by atoms with van der Waals surface area (Å²) in [5, 5.41) is 0. The molecule has 2 atom stereocenters. The van der Waals surface area contributed by atoms with E-state index in [0.29, 0.717) is 12.5 Å². The van der Waals surface area contributed by atoms with Crippen LogP contribution in [0.25, 0.3) is 0 Å². The van der Waals surface area contributed by atoms with Crippen molar-refractivity contribution in [1.29, 1.82) is 0 Å². The molecule has 2 fully saturated rings. The Balaban J connectivity index is 1.86. The molecular formula is C17H22O2. The van der Waals surface area contributed by atoms with E-state index >= 15 is 0 Å². The number of hydrogen-bond acceptors (Lipinski definition) is 2. The first-order valence-electron chi connectivity index (χ1n) is 7.51. The third-order valence-corrected chi connectivity index (χ3v) is 4.95. The zero-order valence-corrected chi connectivity index (χ0v) is 11.6. The lowest BCUT2D eigenvalue weighted by Gasteiger charge is -2.23. The Morgan fingerprint density at radius 1 is 1.21 bits per heavy atom. The molecule has 19 heavy (non-hydrogen) atoms. The van der Waals surface area contributed by atoms with Crippen LogP contribution in [0.3, 0.4) is 0 Å². The maximum atomic E-state index is 12.2. The Kier molecular flexibility index (Phi) is 3.34. The SMILES string of the molecule is CCOC(=O)[C@H]1[C@H](c2ccccc2)C12CCCCC2. The number of rotatable bonds is 3. The fourth-order valence-electron chi connectivity index (χ4n) is 4.11. The van der Waals surface area contributed by atoms with Gasteiger partial charge in [0.15, 0.2) is 0 Å². The van der Waals surface area contributed by atoms with Crippen LogP contribution < -0.4 is 0 Å². The Labute approximate surface area is 115 Å². The van der Waals surface area contributed by atoms with Crippen molar-refractivity contribution >= 4 is 5.97 Å². The molecule has 0 amide bonds. The third kappa shape index (κ3) is 2.07. The number of carbonyl (C=O) groups excluding carboxylic acids is 1. The Morgan fingerprint density at radius 3 is 2.53 bits per heavy atom. The Morgan fingerprint density at radius 2 is 1.89 bits per heavy atom. The van der Waals surface area contributed by atoms with Gasteiger partial charge in [0.2, 0.25) is 0 Å². The molecular weight excluding hydrogens is 236 g/mol. The van der Waals surface area contributed by atoms with Crippen molar-refractivity contribution in [3.63, 3.8) is 0 Å². The topological polar surface area (TPSA) is 26.3 Å². The highest BCUT2D eigenvalue weighted by Gasteiger charge is 2.68. The van der Waals surface area contributed by atoms with Gasteiger partial charge >= 0.3 is 5.97 Å². The molecule has 0 bridgehead atoms. The summed E-state index contributed by atoms with van der Waals surface area (Å²) in [5.41, 5.74) is 1.54. The third-order valence-electron chi connectivity index (χ3n) is 4.95. The number of benzene rings is 1. The van der Waals surface area contributed by atoms with Crippen molar-refractivity contribution < 1.29 is 9.53 Å². The second-order valence-electron chi connectivity index (χ2n) is 5.91. The van der Waals surface area contributed by atoms with E-state index in [2.05, 4.69) is 24.3 Å². The molecule has 2 aliphatic carbocycles. The van der Waals surface area contributed by atoms with E-state index in [1.54, 1.807) is 0 Å². The number of carbonyl (C=O) groups is 1. The first-order chi connectivity index (χ1) is 9.29. The van der Waals surface area contributed by atoms with Crippen LogP contribution in [0.1, 0.15) is 50.5 Å². The maximum absolute atomic E-state index is 12.2. The highest BCUT2D eigenvalue weighted by Crippen LogP contribution is 2.71. The van der Waals surface area contributed by atoms with Crippen LogP contribution in [0.4, 0.5) is 0 Å². The fourth-order valence-corrected chi connectivity index (χ4v) is 4.11. The zero-order valence-electron chi connectivity index (χ0n) is 11.6. The van der Waals surface area contributed by atoms with Crippen LogP contribution in [0.15, 0.2) is 30.3 Å². The van der Waals surface area contributed by atoms with Gasteiger partial charge < -0.3 is 4.74 Å². The Bertz CT molecular complexity index is 446. The normalized spacial score (nSPS) is 28.1. The molecule has 1 aromatic rings. The molecule has 0 aliphatic heterocycles. The lowest BCUT2D eigenvalue weighted by Crippen LogP contribution is -2.16. The van der Waals surface area contributed by atoms with Crippen LogP contribution in [-0.4, -0.2) is 12.6 Å². The maximum Gasteiger partial charge on any atom is 0.310 e. The summed E-state index contributed by atoms with van der Waals surface area (Å²) in [6, 6.07) is 10.5. The highest BCUT2D eigenvalue weighted by molar-refractivity contribution is 5.80. The van der Waals surface area contributed by atoms with Crippen molar-refractivity contribution in [2.45, 2.75) is 44.9 Å². The summed E-state index contributed by atoms with van der Waals surface area (Å²) in [4.78, 5) is 12.2. The van der Waals surface area contributed by atoms with Crippen LogP contribution in [0, 0.1) is 11.3 Å². The van der Waals surface area contributed by atoms with E-state index in [-0.39, 0.29) is 17.3 Å². The van der Waals surface area contributed by atoms with Gasteiger partial charge in [0.1, 0.15) is 0 Å². The van der Waals surface area contributed by atoms with Gasteiger partial charge in [-0.3, -0.25) is 4.79 Å². The van der Waals surface area contributed by atoms with Gasteiger partial charge in [-0.1, -0.05) is 49.6 Å². The molecule has 2 heteroatoms. The van der Waals surface area contributed by atoms with Crippen molar-refractivity contribution in [1.82, 2.24) is 0 Å². The molecule has 2 nitrogen and oxygen atoms in total. The van der Waals surface area contributed by atoms with Crippen molar-refractivity contribution in [3.8, 4) is 0 Å². The van der Waals surface area contributed by atoms with Crippen molar-refractivity contribution in [2.75, 3.05) is 6.61 Å². The van der Waals surface area contributed by atoms with Crippen molar-refractivity contribution in [3.05, 3.63) is 35.9 Å². The van der Waals surface area contributed by atoms with Gasteiger partial charge in [-0.15, -0.1) is 0 Å². The largest absolute Gasteiger partial charge is 0.466 e. The first-order valence-corrected chi connectivity index (χ1v) is 7.51. The van der Waals surface area contributed by atoms with E-state index in [1.165, 1.54) is 37.7 Å². The molecule has 1 spiro atoms. The average molecular weight is 258 g/mol. The highest BCUT2D eigenvalue weighted by atomic mass is 16.5. The minimum Gasteiger partial charge on any atom is -0.466 e. The monoisotopic (exact) mass is 258 g/mol. The predicted molar refractivity (Wildman–Crippen MR) is 74.8 cm³/mol. The zero-order chi connectivity index (χ0) is 13.3. The average Bonchev–Trinajstić information content (AvgIpc) is 3.08. The van der Waals surface area contributed by atoms with Gasteiger partial charge in [0.25, 0.3) is 0 Å². The van der Waals surface area contributed by atoms with E-state index in [1.807, 2.05) is 13.0 Å². The van der Waals surface area contributed by atoms with E-state index in [4.69, 9.17) is 4.74 Å². The molecule has 0 saturated heterocycles. The second-order valence-corrected chi connectivity index (χ2v) is 5.91. The summed E-state index contributed by atoms with van der Waals surface area (Å²) in [6.45, 7) is 2.39. The molecule has 2 saturated carbocycles. The quantitative estimate of drug-likeness (QED) is 0.768. The van der Waals surface area contributed by atoms with Crippen LogP contribution >= 0.6 is 0 Å². The minimum absolute atomic E-state index is 0.0262. The standard InChI is InChI=1S/C17H22O2/c1-2-19-16(18)15-14(13-9-5-3-6-10-13)17(15)11-7-4-8-12-17/h3,5-6,9-10,14-15H,2,4,7-8,11-12H2,1H3/t14-,15+/m0/s1. The molecule has 3 rings (SSSR count). The van der Waals surface area contributed by atoms with Crippen LogP contribution in [-0.2, 0) is 9.53 Å². The summed E-state index contributed by atoms with van der Waals surface area (Å²) in [6.07, 6.45) is 6.23. The summed E-state index contributed by atoms with van der Waals surface area (Å²) < 4.78 is 5.31. The molecule has 0 aromatic heterocycles. The number of ether oxygens (including phenoxy) is 1. The predicted octanol–water partition coefficient (Wildman–Crippen LogP) is 3.91. The van der Waals surface area contributed by atoms with Gasteiger partial charge in [0.05, 0.1) is 12.5 Å². The van der Waals surface area contributed by atoms with E-state index in [0.717, 1.165) is 0 Å². The molecule has 0 unspecified atom stereocenters. The van der Waals surface area contributed by atoms with E-state index in [9.17, 15) is 4.79 Å². The summed E-state index contributed by atoms with van der Waals surface area (Å²) in [5.74, 6) is 0.529. The summed E-state index contributed by atoms with van der Waals surface area (Å²) >= 11 is 0. The first kappa shape index (κ1) is 12.7. The molecule has 0 heterocycles. The molecule has 0 radical (unpaired) electrons. The summed E-state index contributed by atoms with van der Waals surface area (Å²) in [7, 11) is 0. The van der Waals surface area contributed by atoms with Crippen molar-refractivity contribution in [2.24, 2.45) is 11.3 Å². The van der Waals surface area contributed by atoms with Gasteiger partial charge in [-0.25, -0.2) is 0 Å². The lowest BCUT2D eigenvalue weighted by atomic mass is 9.82. The van der Waals surface area contributed by atoms with Crippen LogP contribution in [0.5, 0.6) is 0 Å². The molecule has 2 aliphatic rings. The molecule has 1 aromatic carbocycles. The van der Waals surface area contributed by atoms with Gasteiger partial charge in [0, 0.05) is 5.92 Å². The fraction of sp³-hybridized carbons (Fsp3) is 0.588. The van der Waals surface area contributed by atoms with Gasteiger partial charge in [-0.2, -0.15) is 0 Å².